The van der Waals surface area contributed by atoms with E-state index in [0.717, 1.165) is 11.2 Å². The largest absolute Gasteiger partial charge is 0.248 e. The fourth-order valence-corrected chi connectivity index (χ4v) is 1.96. The lowest BCUT2D eigenvalue weighted by molar-refractivity contribution is 1.46. The molecule has 0 bridgehead atoms. The Labute approximate surface area is 88.7 Å². The smallest absolute Gasteiger partial charge is 0.0716 e. The van der Waals surface area contributed by atoms with Gasteiger partial charge in [-0.15, -0.1) is 0 Å². The molecule has 0 saturated heterocycles. The molecule has 0 amide bonds. The average molecular weight is 193 g/mol. The molecule has 0 radical (unpaired) electrons. The van der Waals surface area contributed by atoms with Crippen molar-refractivity contribution < 1.29 is 0 Å². The van der Waals surface area contributed by atoms with Crippen LogP contribution in [0.4, 0.5) is 0 Å². The Bertz CT molecular complexity index is 598. The van der Waals surface area contributed by atoms with E-state index in [9.17, 15) is 0 Å². The van der Waals surface area contributed by atoms with Gasteiger partial charge in [0, 0.05) is 10.9 Å². The standard InChI is InChI=1S/C14H11N/c1-10-7-8-14-12(9-10)11-5-3-2-4-6-13(11)15-14/h2-9H,1H3. The molecular weight excluding hydrogens is 182 g/mol. The van der Waals surface area contributed by atoms with E-state index in [-0.39, 0.29) is 0 Å². The van der Waals surface area contributed by atoms with Gasteiger partial charge < -0.3 is 0 Å². The van der Waals surface area contributed by atoms with Crippen molar-refractivity contribution in [3.8, 4) is 11.3 Å². The maximum atomic E-state index is 4.60. The fourth-order valence-electron chi connectivity index (χ4n) is 1.96. The third kappa shape index (κ3) is 1.28. The zero-order chi connectivity index (χ0) is 10.3. The van der Waals surface area contributed by atoms with Crippen LogP contribution in [-0.4, -0.2) is 4.98 Å². The van der Waals surface area contributed by atoms with E-state index in [1.807, 2.05) is 12.1 Å². The van der Waals surface area contributed by atoms with Gasteiger partial charge in [-0.25, -0.2) is 4.98 Å². The molecule has 0 atom stereocenters. The summed E-state index contributed by atoms with van der Waals surface area (Å²) in [4.78, 5) is 4.60. The van der Waals surface area contributed by atoms with Crippen molar-refractivity contribution in [2.45, 2.75) is 6.92 Å². The highest BCUT2D eigenvalue weighted by molar-refractivity contribution is 5.97. The van der Waals surface area contributed by atoms with E-state index in [0.29, 0.717) is 0 Å². The van der Waals surface area contributed by atoms with Crippen LogP contribution in [0.25, 0.3) is 22.2 Å². The summed E-state index contributed by atoms with van der Waals surface area (Å²) in [6.07, 6.45) is 0. The Morgan fingerprint density at radius 1 is 0.933 bits per heavy atom. The van der Waals surface area contributed by atoms with Crippen molar-refractivity contribution in [1.29, 1.82) is 0 Å². The molecule has 1 aliphatic carbocycles. The van der Waals surface area contributed by atoms with Gasteiger partial charge in [-0.05, 0) is 25.1 Å². The van der Waals surface area contributed by atoms with Crippen molar-refractivity contribution in [3.63, 3.8) is 0 Å². The molecule has 0 fully saturated rings. The second-order valence-corrected chi connectivity index (χ2v) is 3.84. The number of hydrogen-bond acceptors (Lipinski definition) is 1. The minimum absolute atomic E-state index is 1.07. The first-order valence-electron chi connectivity index (χ1n) is 5.10. The number of rotatable bonds is 0. The van der Waals surface area contributed by atoms with Crippen molar-refractivity contribution in [1.82, 2.24) is 4.98 Å². The highest BCUT2D eigenvalue weighted by Crippen LogP contribution is 2.30. The number of hydrogen-bond donors (Lipinski definition) is 0. The summed E-state index contributed by atoms with van der Waals surface area (Å²) in [5, 5.41) is 1.25. The summed E-state index contributed by atoms with van der Waals surface area (Å²) in [7, 11) is 0. The summed E-state index contributed by atoms with van der Waals surface area (Å²) in [6, 6.07) is 16.7. The Morgan fingerprint density at radius 2 is 1.80 bits per heavy atom. The molecule has 1 nitrogen and oxygen atoms in total. The molecule has 0 saturated carbocycles. The minimum atomic E-state index is 1.07. The minimum Gasteiger partial charge on any atom is -0.248 e. The van der Waals surface area contributed by atoms with Crippen LogP contribution in [0.5, 0.6) is 0 Å². The van der Waals surface area contributed by atoms with Crippen LogP contribution in [0, 0.1) is 6.92 Å². The first-order valence-corrected chi connectivity index (χ1v) is 5.10. The lowest BCUT2D eigenvalue weighted by Crippen LogP contribution is -1.71. The molecule has 1 aromatic carbocycles. The molecule has 0 N–H and O–H groups in total. The Hall–Kier alpha value is -1.89. The summed E-state index contributed by atoms with van der Waals surface area (Å²) in [5.74, 6) is 0. The van der Waals surface area contributed by atoms with Gasteiger partial charge in [0.05, 0.1) is 11.2 Å². The van der Waals surface area contributed by atoms with Crippen LogP contribution in [-0.2, 0) is 0 Å². The fraction of sp³-hybridized carbons (Fsp3) is 0.0714. The molecule has 2 aliphatic rings. The number of aromatic nitrogens is 1. The zero-order valence-electron chi connectivity index (χ0n) is 8.57. The van der Waals surface area contributed by atoms with Crippen LogP contribution in [0.1, 0.15) is 5.56 Å². The van der Waals surface area contributed by atoms with E-state index in [2.05, 4.69) is 48.3 Å². The SMILES string of the molecule is Cc1ccc2nc3cccccc-3c2c1. The first-order chi connectivity index (χ1) is 7.34. The Balaban J connectivity index is 2.48. The highest BCUT2D eigenvalue weighted by Gasteiger charge is 2.08. The summed E-state index contributed by atoms with van der Waals surface area (Å²) < 4.78 is 0. The quantitative estimate of drug-likeness (QED) is 0.531. The summed E-state index contributed by atoms with van der Waals surface area (Å²) >= 11 is 0. The molecule has 1 heterocycles. The molecule has 72 valence electrons. The lowest BCUT2D eigenvalue weighted by Gasteiger charge is -1.93. The van der Waals surface area contributed by atoms with Gasteiger partial charge in [0.1, 0.15) is 0 Å². The van der Waals surface area contributed by atoms with E-state index in [4.69, 9.17) is 0 Å². The van der Waals surface area contributed by atoms with Gasteiger partial charge in [-0.3, -0.25) is 0 Å². The highest BCUT2D eigenvalue weighted by atomic mass is 14.7. The van der Waals surface area contributed by atoms with Crippen LogP contribution in [0.15, 0.2) is 48.5 Å². The Kier molecular flexibility index (Phi) is 1.72. The second kappa shape index (κ2) is 3.06. The van der Waals surface area contributed by atoms with Crippen LogP contribution in [0.3, 0.4) is 0 Å². The van der Waals surface area contributed by atoms with Crippen LogP contribution >= 0.6 is 0 Å². The van der Waals surface area contributed by atoms with Crippen molar-refractivity contribution in [2.24, 2.45) is 0 Å². The molecule has 0 unspecified atom stereocenters. The van der Waals surface area contributed by atoms with Gasteiger partial charge in [0.2, 0.25) is 0 Å². The third-order valence-electron chi connectivity index (χ3n) is 2.70. The molecule has 1 aromatic rings. The van der Waals surface area contributed by atoms with E-state index < -0.39 is 0 Å². The molecule has 0 spiro atoms. The van der Waals surface area contributed by atoms with E-state index in [1.54, 1.807) is 0 Å². The van der Waals surface area contributed by atoms with Gasteiger partial charge in [0.15, 0.2) is 0 Å². The monoisotopic (exact) mass is 193 g/mol. The lowest BCUT2D eigenvalue weighted by atomic mass is 10.1. The summed E-state index contributed by atoms with van der Waals surface area (Å²) in [5.41, 5.74) is 4.67. The predicted octanol–water partition coefficient (Wildman–Crippen LogP) is 3.65. The number of nitrogens with zero attached hydrogens (tertiary/aromatic N) is 1. The van der Waals surface area contributed by atoms with Crippen LogP contribution in [0.2, 0.25) is 0 Å². The van der Waals surface area contributed by atoms with Crippen molar-refractivity contribution in [3.05, 3.63) is 54.1 Å². The van der Waals surface area contributed by atoms with Crippen molar-refractivity contribution >= 4 is 10.9 Å². The van der Waals surface area contributed by atoms with Crippen molar-refractivity contribution in [2.75, 3.05) is 0 Å². The number of fused-ring (bicyclic) bond motifs is 3. The van der Waals surface area contributed by atoms with E-state index in [1.165, 1.54) is 16.5 Å². The first kappa shape index (κ1) is 8.42. The van der Waals surface area contributed by atoms with Gasteiger partial charge in [-0.2, -0.15) is 0 Å². The molecule has 3 rings (SSSR count). The number of benzene rings is 1. The third-order valence-corrected chi connectivity index (χ3v) is 2.70. The summed E-state index contributed by atoms with van der Waals surface area (Å²) in [6.45, 7) is 2.11. The Morgan fingerprint density at radius 3 is 2.73 bits per heavy atom. The zero-order valence-corrected chi connectivity index (χ0v) is 8.57. The second-order valence-electron chi connectivity index (χ2n) is 3.84. The molecule has 0 aromatic heterocycles. The van der Waals surface area contributed by atoms with Crippen LogP contribution < -0.4 is 0 Å². The van der Waals surface area contributed by atoms with E-state index >= 15 is 0 Å². The maximum absolute atomic E-state index is 4.60. The molecular formula is C14H11N. The predicted molar refractivity (Wildman–Crippen MR) is 63.1 cm³/mol. The number of aryl methyl sites for hydroxylation is 1. The maximum Gasteiger partial charge on any atom is 0.0716 e. The molecule has 1 heteroatoms. The topological polar surface area (TPSA) is 12.9 Å². The molecule has 15 heavy (non-hydrogen) atoms. The average Bonchev–Trinajstić information content (AvgIpc) is 2.44. The van der Waals surface area contributed by atoms with Gasteiger partial charge in [0.25, 0.3) is 0 Å². The van der Waals surface area contributed by atoms with Gasteiger partial charge >= 0.3 is 0 Å². The normalized spacial score (nSPS) is 11.0. The molecule has 1 aliphatic heterocycles. The van der Waals surface area contributed by atoms with Gasteiger partial charge in [-0.1, -0.05) is 35.9 Å².